The Labute approximate surface area is 80.6 Å². The van der Waals surface area contributed by atoms with Crippen LogP contribution in [-0.4, -0.2) is 16.3 Å². The van der Waals surface area contributed by atoms with Gasteiger partial charge in [0, 0.05) is 17.7 Å². The van der Waals surface area contributed by atoms with E-state index in [1.54, 1.807) is 0 Å². The minimum absolute atomic E-state index is 0.0953. The second-order valence-electron chi connectivity index (χ2n) is 4.87. The first-order valence-electron chi connectivity index (χ1n) is 4.85. The Morgan fingerprint density at radius 3 is 2.31 bits per heavy atom. The zero-order valence-corrected chi connectivity index (χ0v) is 9.16. The van der Waals surface area contributed by atoms with Crippen molar-refractivity contribution in [3.05, 3.63) is 12.3 Å². The van der Waals surface area contributed by atoms with Gasteiger partial charge in [0.1, 0.15) is 0 Å². The van der Waals surface area contributed by atoms with Gasteiger partial charge >= 0.3 is 0 Å². The van der Waals surface area contributed by atoms with Crippen LogP contribution in [0, 0.1) is 11.8 Å². The van der Waals surface area contributed by atoms with E-state index in [2.05, 4.69) is 33.8 Å². The van der Waals surface area contributed by atoms with Crippen LogP contribution >= 0.6 is 0 Å². The van der Waals surface area contributed by atoms with Gasteiger partial charge in [-0.25, -0.2) is 0 Å². The molecule has 0 saturated heterocycles. The van der Waals surface area contributed by atoms with Crippen LogP contribution in [0.25, 0.3) is 0 Å². The molecule has 0 spiro atoms. The second kappa shape index (κ2) is 3.17. The van der Waals surface area contributed by atoms with Crippen LogP contribution in [0.2, 0.25) is 0 Å². The lowest BCUT2D eigenvalue weighted by Crippen LogP contribution is -2.47. The lowest BCUT2D eigenvalue weighted by Gasteiger charge is -2.38. The third kappa shape index (κ3) is 1.93. The zero-order chi connectivity index (χ0) is 10.2. The number of rotatable bonds is 0. The number of hydrogen-bond acceptors (Lipinski definition) is 1. The van der Waals surface area contributed by atoms with E-state index in [9.17, 15) is 4.79 Å². The monoisotopic (exact) mass is 181 g/mol. The number of hydrogen-bond donors (Lipinski definition) is 0. The van der Waals surface area contributed by atoms with Crippen LogP contribution in [0.1, 0.15) is 34.6 Å². The van der Waals surface area contributed by atoms with Gasteiger partial charge in [-0.3, -0.25) is 4.79 Å². The van der Waals surface area contributed by atoms with Gasteiger partial charge in [0.25, 0.3) is 0 Å². The van der Waals surface area contributed by atoms with E-state index in [0.29, 0.717) is 5.92 Å². The topological polar surface area (TPSA) is 20.3 Å². The Morgan fingerprint density at radius 2 is 1.85 bits per heavy atom. The fourth-order valence-corrected chi connectivity index (χ4v) is 1.46. The highest BCUT2D eigenvalue weighted by Gasteiger charge is 2.32. The molecule has 0 aromatic carbocycles. The molecule has 1 heterocycles. The summed E-state index contributed by atoms with van der Waals surface area (Å²) in [6.45, 7) is 10.2. The van der Waals surface area contributed by atoms with E-state index in [1.165, 1.54) is 0 Å². The standard InChI is InChI=1S/C11H19NO/c1-8-6-7-12(11(3,4)5)10(13)9(8)2/h6-9H,1-5H3. The fraction of sp³-hybridized carbons (Fsp3) is 0.727. The molecule has 0 saturated carbocycles. The van der Waals surface area contributed by atoms with Crippen molar-refractivity contribution in [3.63, 3.8) is 0 Å². The molecule has 2 heteroatoms. The van der Waals surface area contributed by atoms with Gasteiger partial charge in [-0.05, 0) is 26.7 Å². The summed E-state index contributed by atoms with van der Waals surface area (Å²) in [6, 6.07) is 0. The molecule has 0 aliphatic carbocycles. The Kier molecular flexibility index (Phi) is 2.51. The first-order chi connectivity index (χ1) is 5.84. The van der Waals surface area contributed by atoms with Crippen molar-refractivity contribution in [2.24, 2.45) is 11.8 Å². The van der Waals surface area contributed by atoms with Gasteiger partial charge in [0.05, 0.1) is 0 Å². The van der Waals surface area contributed by atoms with Crippen molar-refractivity contribution in [1.82, 2.24) is 4.90 Å². The zero-order valence-electron chi connectivity index (χ0n) is 9.16. The summed E-state index contributed by atoms with van der Waals surface area (Å²) in [5.74, 6) is 0.720. The van der Waals surface area contributed by atoms with Crippen molar-refractivity contribution >= 4 is 5.91 Å². The van der Waals surface area contributed by atoms with Gasteiger partial charge < -0.3 is 4.90 Å². The number of amides is 1. The van der Waals surface area contributed by atoms with Gasteiger partial charge in [-0.15, -0.1) is 0 Å². The summed E-state index contributed by atoms with van der Waals surface area (Å²) in [6.07, 6.45) is 4.03. The van der Waals surface area contributed by atoms with Crippen LogP contribution in [0.3, 0.4) is 0 Å². The third-order valence-electron chi connectivity index (χ3n) is 2.68. The quantitative estimate of drug-likeness (QED) is 0.562. The van der Waals surface area contributed by atoms with E-state index in [4.69, 9.17) is 0 Å². The van der Waals surface area contributed by atoms with Crippen LogP contribution in [0.4, 0.5) is 0 Å². The fourth-order valence-electron chi connectivity index (χ4n) is 1.46. The highest BCUT2D eigenvalue weighted by atomic mass is 16.2. The van der Waals surface area contributed by atoms with Gasteiger partial charge in [0.2, 0.25) is 5.91 Å². The first kappa shape index (κ1) is 10.3. The lowest BCUT2D eigenvalue weighted by atomic mass is 9.89. The van der Waals surface area contributed by atoms with Crippen LogP contribution in [0.5, 0.6) is 0 Å². The number of nitrogens with zero attached hydrogens (tertiary/aromatic N) is 1. The SMILES string of the molecule is CC1C=CN(C(C)(C)C)C(=O)C1C. The van der Waals surface area contributed by atoms with Gasteiger partial charge in [0.15, 0.2) is 0 Å². The molecule has 74 valence electrons. The molecule has 0 aromatic heterocycles. The minimum atomic E-state index is -0.0953. The maximum atomic E-state index is 11.9. The number of carbonyl (C=O) groups is 1. The van der Waals surface area contributed by atoms with E-state index in [1.807, 2.05) is 18.0 Å². The number of allylic oxidation sites excluding steroid dienone is 1. The molecule has 0 bridgehead atoms. The predicted octanol–water partition coefficient (Wildman–Crippen LogP) is 2.41. The largest absolute Gasteiger partial charge is 0.314 e. The predicted molar refractivity (Wildman–Crippen MR) is 54.1 cm³/mol. The van der Waals surface area contributed by atoms with Crippen molar-refractivity contribution in [3.8, 4) is 0 Å². The van der Waals surface area contributed by atoms with Crippen molar-refractivity contribution < 1.29 is 4.79 Å². The molecule has 0 fully saturated rings. The molecule has 13 heavy (non-hydrogen) atoms. The van der Waals surface area contributed by atoms with Gasteiger partial charge in [-0.2, -0.15) is 0 Å². The Hall–Kier alpha value is -0.790. The average Bonchev–Trinajstić information content (AvgIpc) is 1.98. The van der Waals surface area contributed by atoms with Crippen LogP contribution in [-0.2, 0) is 4.79 Å². The molecule has 1 rings (SSSR count). The summed E-state index contributed by atoms with van der Waals surface area (Å²) in [4.78, 5) is 13.7. The summed E-state index contributed by atoms with van der Waals surface area (Å²) in [7, 11) is 0. The highest BCUT2D eigenvalue weighted by Crippen LogP contribution is 2.26. The molecule has 2 atom stereocenters. The van der Waals surface area contributed by atoms with E-state index in [-0.39, 0.29) is 17.4 Å². The molecule has 2 unspecified atom stereocenters. The lowest BCUT2D eigenvalue weighted by molar-refractivity contribution is -0.138. The maximum Gasteiger partial charge on any atom is 0.230 e. The van der Waals surface area contributed by atoms with E-state index >= 15 is 0 Å². The maximum absolute atomic E-state index is 11.9. The summed E-state index contributed by atoms with van der Waals surface area (Å²) in [5, 5.41) is 0. The summed E-state index contributed by atoms with van der Waals surface area (Å²) < 4.78 is 0. The Morgan fingerprint density at radius 1 is 1.31 bits per heavy atom. The highest BCUT2D eigenvalue weighted by molar-refractivity contribution is 5.81. The molecule has 1 aliphatic heterocycles. The third-order valence-corrected chi connectivity index (χ3v) is 2.68. The average molecular weight is 181 g/mol. The molecule has 1 aliphatic rings. The molecule has 2 nitrogen and oxygen atoms in total. The molecular weight excluding hydrogens is 162 g/mol. The molecule has 0 aromatic rings. The van der Waals surface area contributed by atoms with Crippen molar-refractivity contribution in [2.75, 3.05) is 0 Å². The van der Waals surface area contributed by atoms with E-state index in [0.717, 1.165) is 0 Å². The van der Waals surface area contributed by atoms with E-state index < -0.39 is 0 Å². The Bertz CT molecular complexity index is 237. The number of carbonyl (C=O) groups excluding carboxylic acids is 1. The minimum Gasteiger partial charge on any atom is -0.314 e. The van der Waals surface area contributed by atoms with Gasteiger partial charge in [-0.1, -0.05) is 19.9 Å². The van der Waals surface area contributed by atoms with Crippen molar-refractivity contribution in [2.45, 2.75) is 40.2 Å². The second-order valence-corrected chi connectivity index (χ2v) is 4.87. The molecule has 0 radical (unpaired) electrons. The Balaban J connectivity index is 2.92. The smallest absolute Gasteiger partial charge is 0.230 e. The van der Waals surface area contributed by atoms with Crippen LogP contribution in [0.15, 0.2) is 12.3 Å². The molecule has 1 amide bonds. The first-order valence-corrected chi connectivity index (χ1v) is 4.85. The normalized spacial score (nSPS) is 29.6. The van der Waals surface area contributed by atoms with Crippen molar-refractivity contribution in [1.29, 1.82) is 0 Å². The molecular formula is C11H19NO. The summed E-state index contributed by atoms with van der Waals surface area (Å²) >= 11 is 0. The molecule has 0 N–H and O–H groups in total. The summed E-state index contributed by atoms with van der Waals surface area (Å²) in [5.41, 5.74) is -0.0953. The van der Waals surface area contributed by atoms with Crippen LogP contribution < -0.4 is 0 Å².